The van der Waals surface area contributed by atoms with Crippen LogP contribution in [-0.2, 0) is 22.3 Å². The Labute approximate surface area is 263 Å². The second-order valence-corrected chi connectivity index (χ2v) is 19.3. The largest absolute Gasteiger partial charge is 0.444 e. The molecule has 1 aliphatic heterocycles. The smallest absolute Gasteiger partial charge is 0.410 e. The second-order valence-electron chi connectivity index (χ2n) is 14.1. The van der Waals surface area contributed by atoms with E-state index >= 15 is 0 Å². The quantitative estimate of drug-likeness (QED) is 0.235. The van der Waals surface area contributed by atoms with Crippen LogP contribution in [-0.4, -0.2) is 59.8 Å². The van der Waals surface area contributed by atoms with Gasteiger partial charge in [0.2, 0.25) is 5.95 Å². The number of halogens is 1. The van der Waals surface area contributed by atoms with E-state index in [0.717, 1.165) is 43.1 Å². The molecule has 1 aromatic heterocycles. The highest BCUT2D eigenvalue weighted by atomic mass is 35.5. The van der Waals surface area contributed by atoms with Crippen LogP contribution < -0.4 is 4.90 Å². The van der Waals surface area contributed by atoms with Gasteiger partial charge >= 0.3 is 6.09 Å². The predicted octanol–water partition coefficient (Wildman–Crippen LogP) is 8.19. The highest BCUT2D eigenvalue weighted by molar-refractivity contribution is 6.74. The highest BCUT2D eigenvalue weighted by Gasteiger charge is 2.37. The normalized spacial score (nSPS) is 15.1. The SMILES string of the molecule is CN(Cc1nnc(N2CCC(c3ccccc3)CC2)n1-c1ccc(Cl)cc1CO[Si](C)(C)C(C)(C)C)C(=O)OC(C)(C)C. The lowest BCUT2D eigenvalue weighted by Crippen LogP contribution is -2.40. The Bertz CT molecular complexity index is 1390. The molecule has 234 valence electrons. The number of nitrogens with zero attached hydrogens (tertiary/aromatic N) is 5. The third kappa shape index (κ3) is 8.19. The maximum atomic E-state index is 12.9. The molecular formula is C33H48ClN5O3Si. The van der Waals surface area contributed by atoms with Gasteiger partial charge in [-0.15, -0.1) is 10.2 Å². The molecule has 4 rings (SSSR count). The Balaban J connectivity index is 1.70. The number of ether oxygens (including phenoxy) is 1. The van der Waals surface area contributed by atoms with Gasteiger partial charge in [-0.05, 0) is 81.4 Å². The summed E-state index contributed by atoms with van der Waals surface area (Å²) >= 11 is 6.54. The average Bonchev–Trinajstić information content (AvgIpc) is 3.34. The molecule has 0 N–H and O–H groups in total. The number of hydrogen-bond acceptors (Lipinski definition) is 6. The summed E-state index contributed by atoms with van der Waals surface area (Å²) in [6.07, 6.45) is 1.63. The molecule has 2 aromatic carbocycles. The number of carbonyl (C=O) groups excluding carboxylic acids is 1. The van der Waals surface area contributed by atoms with Crippen LogP contribution in [0.4, 0.5) is 10.7 Å². The van der Waals surface area contributed by atoms with Gasteiger partial charge in [0, 0.05) is 30.7 Å². The summed E-state index contributed by atoms with van der Waals surface area (Å²) in [5, 5.41) is 10.0. The number of aromatic nitrogens is 3. The molecule has 0 aliphatic carbocycles. The van der Waals surface area contributed by atoms with E-state index in [2.05, 4.69) is 78.8 Å². The van der Waals surface area contributed by atoms with Crippen molar-refractivity contribution in [1.82, 2.24) is 19.7 Å². The fourth-order valence-electron chi connectivity index (χ4n) is 4.98. The van der Waals surface area contributed by atoms with Crippen molar-refractivity contribution in [3.63, 3.8) is 0 Å². The van der Waals surface area contributed by atoms with Gasteiger partial charge in [0.1, 0.15) is 5.60 Å². The molecule has 1 amide bonds. The van der Waals surface area contributed by atoms with E-state index in [1.54, 1.807) is 11.9 Å². The summed E-state index contributed by atoms with van der Waals surface area (Å²) in [6.45, 7) is 19.1. The zero-order chi connectivity index (χ0) is 31.6. The summed E-state index contributed by atoms with van der Waals surface area (Å²) in [6, 6.07) is 16.6. The van der Waals surface area contributed by atoms with E-state index in [9.17, 15) is 4.79 Å². The first-order valence-electron chi connectivity index (χ1n) is 15.2. The molecule has 0 atom stereocenters. The summed E-state index contributed by atoms with van der Waals surface area (Å²) in [5.41, 5.74) is 2.64. The van der Waals surface area contributed by atoms with Crippen molar-refractivity contribution < 1.29 is 14.0 Å². The lowest BCUT2D eigenvalue weighted by atomic mass is 9.90. The highest BCUT2D eigenvalue weighted by Crippen LogP contribution is 2.38. The van der Waals surface area contributed by atoms with Crippen LogP contribution in [0.15, 0.2) is 48.5 Å². The molecule has 1 fully saturated rings. The molecule has 10 heteroatoms. The molecule has 3 aromatic rings. The molecule has 0 unspecified atom stereocenters. The van der Waals surface area contributed by atoms with E-state index < -0.39 is 20.0 Å². The molecule has 1 aliphatic rings. The Kier molecular flexibility index (Phi) is 9.98. The zero-order valence-electron chi connectivity index (χ0n) is 27.3. The van der Waals surface area contributed by atoms with Crippen LogP contribution in [0, 0.1) is 0 Å². The monoisotopic (exact) mass is 625 g/mol. The van der Waals surface area contributed by atoms with Crippen molar-refractivity contribution in [2.75, 3.05) is 25.0 Å². The fourth-order valence-corrected chi connectivity index (χ4v) is 6.12. The predicted molar refractivity (Wildman–Crippen MR) is 177 cm³/mol. The number of amides is 1. The van der Waals surface area contributed by atoms with Crippen molar-refractivity contribution in [3.05, 3.63) is 70.5 Å². The maximum Gasteiger partial charge on any atom is 0.410 e. The second kappa shape index (κ2) is 13.0. The molecule has 1 saturated heterocycles. The Morgan fingerprint density at radius 3 is 2.28 bits per heavy atom. The molecule has 0 saturated carbocycles. The standard InChI is InChI=1S/C33H48ClN5O3Si/c1-32(2,3)42-31(40)37(7)22-29-35-36-30(38-19-17-25(18-20-38)24-13-11-10-12-14-24)39(29)28-16-15-27(34)21-26(28)23-41-43(8,9)33(4,5)6/h10-16,21,25H,17-20,22-23H2,1-9H3. The molecule has 8 nitrogen and oxygen atoms in total. The minimum Gasteiger partial charge on any atom is -0.444 e. The Hall–Kier alpha value is -2.88. The Morgan fingerprint density at radius 2 is 1.67 bits per heavy atom. The van der Waals surface area contributed by atoms with Crippen molar-refractivity contribution in [2.45, 2.75) is 97.2 Å². The minimum atomic E-state index is -2.04. The lowest BCUT2D eigenvalue weighted by Gasteiger charge is -2.36. The van der Waals surface area contributed by atoms with Crippen molar-refractivity contribution in [3.8, 4) is 5.69 Å². The topological polar surface area (TPSA) is 72.7 Å². The van der Waals surface area contributed by atoms with Crippen molar-refractivity contribution in [1.29, 1.82) is 0 Å². The van der Waals surface area contributed by atoms with Crippen molar-refractivity contribution >= 4 is 32.0 Å². The molecule has 0 spiro atoms. The van der Waals surface area contributed by atoms with Gasteiger partial charge < -0.3 is 19.0 Å². The lowest BCUT2D eigenvalue weighted by molar-refractivity contribution is 0.0280. The van der Waals surface area contributed by atoms with Crippen LogP contribution in [0.2, 0.25) is 23.2 Å². The van der Waals surface area contributed by atoms with E-state index in [1.807, 2.05) is 39.0 Å². The third-order valence-electron chi connectivity index (χ3n) is 8.52. The van der Waals surface area contributed by atoms with E-state index in [4.69, 9.17) is 25.9 Å². The minimum absolute atomic E-state index is 0.0673. The van der Waals surface area contributed by atoms with Crippen molar-refractivity contribution in [2.24, 2.45) is 0 Å². The van der Waals surface area contributed by atoms with Crippen LogP contribution in [0.5, 0.6) is 0 Å². The first-order valence-corrected chi connectivity index (χ1v) is 18.5. The first-order chi connectivity index (χ1) is 20.1. The number of carbonyl (C=O) groups is 1. The number of anilines is 1. The number of hydrogen-bond donors (Lipinski definition) is 0. The van der Waals surface area contributed by atoms with Gasteiger partial charge in [0.15, 0.2) is 14.1 Å². The van der Waals surface area contributed by atoms with E-state index in [-0.39, 0.29) is 11.6 Å². The number of rotatable bonds is 8. The van der Waals surface area contributed by atoms with Gasteiger partial charge in [-0.3, -0.25) is 4.57 Å². The zero-order valence-corrected chi connectivity index (χ0v) is 29.0. The molecule has 2 heterocycles. The fraction of sp³-hybridized carbons (Fsp3) is 0.545. The average molecular weight is 626 g/mol. The summed E-state index contributed by atoms with van der Waals surface area (Å²) in [7, 11) is -0.316. The van der Waals surface area contributed by atoms with Gasteiger partial charge in [-0.2, -0.15) is 0 Å². The molecule has 0 radical (unpaired) electrons. The van der Waals surface area contributed by atoms with Crippen LogP contribution in [0.1, 0.15) is 77.3 Å². The van der Waals surface area contributed by atoms with Crippen LogP contribution >= 0.6 is 11.6 Å². The Morgan fingerprint density at radius 1 is 1.02 bits per heavy atom. The number of benzene rings is 2. The van der Waals surface area contributed by atoms with Crippen LogP contribution in [0.25, 0.3) is 5.69 Å². The van der Waals surface area contributed by atoms with Gasteiger partial charge in [-0.1, -0.05) is 62.7 Å². The van der Waals surface area contributed by atoms with E-state index in [1.165, 1.54) is 5.56 Å². The van der Waals surface area contributed by atoms with E-state index in [0.29, 0.717) is 23.4 Å². The third-order valence-corrected chi connectivity index (χ3v) is 13.2. The summed E-state index contributed by atoms with van der Waals surface area (Å²) in [4.78, 5) is 16.8. The summed E-state index contributed by atoms with van der Waals surface area (Å²) < 4.78 is 14.4. The maximum absolute atomic E-state index is 12.9. The molecule has 0 bridgehead atoms. The van der Waals surface area contributed by atoms with Crippen LogP contribution in [0.3, 0.4) is 0 Å². The molecular weight excluding hydrogens is 578 g/mol. The first kappa shape index (κ1) is 33.0. The summed E-state index contributed by atoms with van der Waals surface area (Å²) in [5.74, 6) is 1.91. The molecule has 43 heavy (non-hydrogen) atoms. The van der Waals surface area contributed by atoms with Gasteiger partial charge in [0.05, 0.1) is 18.8 Å². The number of piperidine rings is 1. The van der Waals surface area contributed by atoms with Gasteiger partial charge in [-0.25, -0.2) is 4.79 Å². The van der Waals surface area contributed by atoms with Gasteiger partial charge in [0.25, 0.3) is 0 Å².